The van der Waals surface area contributed by atoms with E-state index in [9.17, 15) is 14.7 Å². The summed E-state index contributed by atoms with van der Waals surface area (Å²) in [5.74, 6) is -1.19. The number of hydrogen-bond donors (Lipinski definition) is 2. The van der Waals surface area contributed by atoms with Crippen molar-refractivity contribution in [1.82, 2.24) is 4.98 Å². The second-order valence-electron chi connectivity index (χ2n) is 5.09. The average molecular weight is 269 g/mol. The van der Waals surface area contributed by atoms with Crippen LogP contribution < -0.4 is 5.56 Å². The summed E-state index contributed by atoms with van der Waals surface area (Å²) in [6, 6.07) is 7.63. The number of hydrogen-bond acceptors (Lipinski definition) is 2. The maximum absolute atomic E-state index is 11.7. The Balaban J connectivity index is 2.17. The molecule has 0 unspecified atom stereocenters. The number of aromatic amines is 1. The van der Waals surface area contributed by atoms with Crippen LogP contribution in [0.3, 0.4) is 0 Å². The molecule has 0 radical (unpaired) electrons. The predicted octanol–water partition coefficient (Wildman–Crippen LogP) is 2.62. The number of fused-ring (bicyclic) bond motifs is 1. The SMILES string of the molecule is O=C(O)c1c(-c2ccc3c(c2)CCCC3)cc[nH]c1=O. The van der Waals surface area contributed by atoms with Crippen LogP contribution in [0.4, 0.5) is 0 Å². The number of rotatable bonds is 2. The molecule has 0 saturated heterocycles. The molecule has 3 rings (SSSR count). The van der Waals surface area contributed by atoms with Gasteiger partial charge in [0.25, 0.3) is 5.56 Å². The zero-order chi connectivity index (χ0) is 14.1. The van der Waals surface area contributed by atoms with E-state index in [0.717, 1.165) is 24.8 Å². The van der Waals surface area contributed by atoms with Crippen molar-refractivity contribution in [2.45, 2.75) is 25.7 Å². The highest BCUT2D eigenvalue weighted by Gasteiger charge is 2.17. The number of nitrogens with one attached hydrogen (secondary N) is 1. The van der Waals surface area contributed by atoms with E-state index in [0.29, 0.717) is 5.56 Å². The summed E-state index contributed by atoms with van der Waals surface area (Å²) in [7, 11) is 0. The van der Waals surface area contributed by atoms with Crippen LogP contribution in [0.5, 0.6) is 0 Å². The van der Waals surface area contributed by atoms with Crippen LogP contribution in [0.2, 0.25) is 0 Å². The molecule has 1 aliphatic rings. The summed E-state index contributed by atoms with van der Waals surface area (Å²) in [5.41, 5.74) is 3.13. The van der Waals surface area contributed by atoms with E-state index in [1.807, 2.05) is 12.1 Å². The minimum atomic E-state index is -1.19. The van der Waals surface area contributed by atoms with Crippen LogP contribution in [-0.4, -0.2) is 16.1 Å². The fraction of sp³-hybridized carbons (Fsp3) is 0.250. The Morgan fingerprint density at radius 3 is 2.60 bits per heavy atom. The van der Waals surface area contributed by atoms with Gasteiger partial charge in [-0.05, 0) is 48.4 Å². The van der Waals surface area contributed by atoms with Crippen molar-refractivity contribution in [2.75, 3.05) is 0 Å². The van der Waals surface area contributed by atoms with E-state index in [4.69, 9.17) is 0 Å². The first-order chi connectivity index (χ1) is 9.66. The molecule has 0 bridgehead atoms. The number of carbonyl (C=O) groups is 1. The van der Waals surface area contributed by atoms with E-state index in [-0.39, 0.29) is 5.56 Å². The predicted molar refractivity (Wildman–Crippen MR) is 76.1 cm³/mol. The van der Waals surface area contributed by atoms with Crippen molar-refractivity contribution in [3.05, 3.63) is 57.5 Å². The highest BCUT2D eigenvalue weighted by atomic mass is 16.4. The minimum Gasteiger partial charge on any atom is -0.477 e. The lowest BCUT2D eigenvalue weighted by Gasteiger charge is -2.17. The van der Waals surface area contributed by atoms with Crippen molar-refractivity contribution in [1.29, 1.82) is 0 Å². The highest BCUT2D eigenvalue weighted by Crippen LogP contribution is 2.28. The van der Waals surface area contributed by atoms with E-state index < -0.39 is 11.5 Å². The average Bonchev–Trinajstić information content (AvgIpc) is 2.46. The molecule has 0 fully saturated rings. The van der Waals surface area contributed by atoms with Crippen molar-refractivity contribution < 1.29 is 9.90 Å². The molecule has 0 amide bonds. The zero-order valence-corrected chi connectivity index (χ0v) is 11.0. The van der Waals surface area contributed by atoms with Gasteiger partial charge in [-0.2, -0.15) is 0 Å². The first-order valence-electron chi connectivity index (χ1n) is 6.74. The number of H-pyrrole nitrogens is 1. The van der Waals surface area contributed by atoms with Crippen LogP contribution in [0.1, 0.15) is 34.3 Å². The third kappa shape index (κ3) is 2.13. The van der Waals surface area contributed by atoms with E-state index >= 15 is 0 Å². The molecule has 102 valence electrons. The van der Waals surface area contributed by atoms with Gasteiger partial charge in [0.2, 0.25) is 0 Å². The summed E-state index contributed by atoms with van der Waals surface area (Å²) < 4.78 is 0. The zero-order valence-electron chi connectivity index (χ0n) is 11.0. The second kappa shape index (κ2) is 4.96. The Labute approximate surface area is 116 Å². The third-order valence-corrected chi connectivity index (χ3v) is 3.83. The quantitative estimate of drug-likeness (QED) is 0.880. The molecular weight excluding hydrogens is 254 g/mol. The Morgan fingerprint density at radius 1 is 1.10 bits per heavy atom. The Kier molecular flexibility index (Phi) is 3.14. The summed E-state index contributed by atoms with van der Waals surface area (Å²) >= 11 is 0. The van der Waals surface area contributed by atoms with Crippen molar-refractivity contribution in [2.24, 2.45) is 0 Å². The lowest BCUT2D eigenvalue weighted by molar-refractivity contribution is 0.0696. The summed E-state index contributed by atoms with van der Waals surface area (Å²) in [6.07, 6.45) is 5.96. The number of benzene rings is 1. The van der Waals surface area contributed by atoms with Crippen LogP contribution in [0.25, 0.3) is 11.1 Å². The van der Waals surface area contributed by atoms with E-state index in [2.05, 4.69) is 11.1 Å². The summed E-state index contributed by atoms with van der Waals surface area (Å²) in [4.78, 5) is 25.4. The molecule has 20 heavy (non-hydrogen) atoms. The number of pyridine rings is 1. The lowest BCUT2D eigenvalue weighted by atomic mass is 9.88. The molecule has 1 aliphatic carbocycles. The Bertz CT molecular complexity index is 731. The maximum Gasteiger partial charge on any atom is 0.341 e. The van der Waals surface area contributed by atoms with Crippen LogP contribution >= 0.6 is 0 Å². The largest absolute Gasteiger partial charge is 0.477 e. The van der Waals surface area contributed by atoms with Crippen LogP contribution in [0.15, 0.2) is 35.3 Å². The van der Waals surface area contributed by atoms with Gasteiger partial charge in [0.05, 0.1) is 0 Å². The Hall–Kier alpha value is -2.36. The van der Waals surface area contributed by atoms with Crippen molar-refractivity contribution >= 4 is 5.97 Å². The molecule has 0 saturated carbocycles. The topological polar surface area (TPSA) is 70.2 Å². The number of aromatic carboxylic acids is 1. The van der Waals surface area contributed by atoms with Gasteiger partial charge in [-0.1, -0.05) is 18.2 Å². The van der Waals surface area contributed by atoms with Crippen LogP contribution in [-0.2, 0) is 12.8 Å². The molecular formula is C16H15NO3. The van der Waals surface area contributed by atoms with Gasteiger partial charge in [-0.25, -0.2) is 4.79 Å². The van der Waals surface area contributed by atoms with E-state index in [1.54, 1.807) is 6.07 Å². The fourth-order valence-corrected chi connectivity index (χ4v) is 2.83. The molecule has 1 aromatic carbocycles. The summed E-state index contributed by atoms with van der Waals surface area (Å²) in [5, 5.41) is 9.23. The minimum absolute atomic E-state index is 0.191. The standard InChI is InChI=1S/C16H15NO3/c18-15-14(16(19)20)13(7-8-17-15)12-6-5-10-3-1-2-4-11(10)9-12/h5-9H,1-4H2,(H,17,18)(H,19,20). The first-order valence-corrected chi connectivity index (χ1v) is 6.74. The van der Waals surface area contributed by atoms with Crippen molar-refractivity contribution in [3.8, 4) is 11.1 Å². The van der Waals surface area contributed by atoms with Crippen LogP contribution in [0, 0.1) is 0 Å². The van der Waals surface area contributed by atoms with Gasteiger partial charge in [-0.15, -0.1) is 0 Å². The second-order valence-corrected chi connectivity index (χ2v) is 5.09. The molecule has 1 heterocycles. The van der Waals surface area contributed by atoms with E-state index in [1.165, 1.54) is 23.7 Å². The third-order valence-electron chi connectivity index (χ3n) is 3.83. The molecule has 2 aromatic rings. The number of aromatic nitrogens is 1. The van der Waals surface area contributed by atoms with Gasteiger partial charge < -0.3 is 10.1 Å². The Morgan fingerprint density at radius 2 is 1.85 bits per heavy atom. The normalized spacial score (nSPS) is 13.8. The number of carboxylic acid groups (broad SMARTS) is 1. The number of carboxylic acids is 1. The number of aryl methyl sites for hydroxylation is 2. The molecule has 4 nitrogen and oxygen atoms in total. The summed E-state index contributed by atoms with van der Waals surface area (Å²) in [6.45, 7) is 0. The molecule has 2 N–H and O–H groups in total. The fourth-order valence-electron chi connectivity index (χ4n) is 2.83. The smallest absolute Gasteiger partial charge is 0.341 e. The van der Waals surface area contributed by atoms with Crippen molar-refractivity contribution in [3.63, 3.8) is 0 Å². The maximum atomic E-state index is 11.7. The molecule has 1 aromatic heterocycles. The highest BCUT2D eigenvalue weighted by molar-refractivity contribution is 5.95. The van der Waals surface area contributed by atoms with Gasteiger partial charge in [0.15, 0.2) is 0 Å². The molecule has 0 aliphatic heterocycles. The monoisotopic (exact) mass is 269 g/mol. The van der Waals surface area contributed by atoms with Gasteiger partial charge in [0.1, 0.15) is 5.56 Å². The van der Waals surface area contributed by atoms with Gasteiger partial charge >= 0.3 is 5.97 Å². The molecule has 4 heteroatoms. The van der Waals surface area contributed by atoms with Gasteiger partial charge in [0, 0.05) is 11.8 Å². The first kappa shape index (κ1) is 12.7. The lowest BCUT2D eigenvalue weighted by Crippen LogP contribution is -2.18. The molecule has 0 atom stereocenters. The molecule has 0 spiro atoms. The van der Waals surface area contributed by atoms with Gasteiger partial charge in [-0.3, -0.25) is 4.79 Å².